The Morgan fingerprint density at radius 3 is 2.60 bits per heavy atom. The van der Waals surface area contributed by atoms with Crippen LogP contribution in [0.25, 0.3) is 5.82 Å². The van der Waals surface area contributed by atoms with Crippen LogP contribution in [-0.2, 0) is 12.8 Å². The smallest absolute Gasteiger partial charge is 0.171 e. The number of aryl methyl sites for hydroxylation is 3. The molecular weight excluding hydrogens is 248 g/mol. The van der Waals surface area contributed by atoms with Crippen LogP contribution in [0.4, 0.5) is 0 Å². The van der Waals surface area contributed by atoms with E-state index in [2.05, 4.69) is 18.1 Å². The van der Waals surface area contributed by atoms with Crippen LogP contribution in [0.5, 0.6) is 0 Å². The largest absolute Gasteiger partial charge is 0.232 e. The third-order valence-corrected chi connectivity index (χ3v) is 4.25. The molecule has 20 heavy (non-hydrogen) atoms. The molecule has 2 aromatic heterocycles. The molecule has 4 heteroatoms. The molecule has 0 radical (unpaired) electrons. The van der Waals surface area contributed by atoms with E-state index in [0.717, 1.165) is 35.5 Å². The van der Waals surface area contributed by atoms with Crippen molar-refractivity contribution in [2.45, 2.75) is 46.5 Å². The predicted molar refractivity (Wildman–Crippen MR) is 76.9 cm³/mol. The summed E-state index contributed by atoms with van der Waals surface area (Å²) in [6.45, 7) is 6.07. The molecule has 0 N–H and O–H groups in total. The summed E-state index contributed by atoms with van der Waals surface area (Å²) in [5, 5.41) is 14.0. The van der Waals surface area contributed by atoms with Gasteiger partial charge in [-0.3, -0.25) is 0 Å². The maximum absolute atomic E-state index is 9.42. The van der Waals surface area contributed by atoms with E-state index < -0.39 is 0 Å². The Morgan fingerprint density at radius 2 is 1.95 bits per heavy atom. The lowest BCUT2D eigenvalue weighted by Gasteiger charge is -2.17. The molecule has 2 heterocycles. The van der Waals surface area contributed by atoms with E-state index in [-0.39, 0.29) is 0 Å². The second-order valence-electron chi connectivity index (χ2n) is 5.49. The predicted octanol–water partition coefficient (Wildman–Crippen LogP) is 2.94. The number of aromatic nitrogens is 3. The number of rotatable bonds is 1. The van der Waals surface area contributed by atoms with Gasteiger partial charge in [-0.15, -0.1) is 0 Å². The van der Waals surface area contributed by atoms with Crippen LogP contribution in [0.2, 0.25) is 0 Å². The summed E-state index contributed by atoms with van der Waals surface area (Å²) in [5.74, 6) is 0.682. The molecule has 0 bridgehead atoms. The summed E-state index contributed by atoms with van der Waals surface area (Å²) in [6.07, 6.45) is 4.42. The molecule has 102 valence electrons. The lowest BCUT2D eigenvalue weighted by molar-refractivity contribution is 0.660. The number of fused-ring (bicyclic) bond motifs is 1. The van der Waals surface area contributed by atoms with Gasteiger partial charge in [-0.05, 0) is 63.6 Å². The Balaban J connectivity index is 2.22. The average molecular weight is 266 g/mol. The highest BCUT2D eigenvalue weighted by Crippen LogP contribution is 2.25. The second kappa shape index (κ2) is 4.75. The van der Waals surface area contributed by atoms with Gasteiger partial charge in [-0.2, -0.15) is 10.4 Å². The van der Waals surface area contributed by atoms with E-state index >= 15 is 0 Å². The maximum Gasteiger partial charge on any atom is 0.171 e. The van der Waals surface area contributed by atoms with E-state index in [1.165, 1.54) is 18.4 Å². The fraction of sp³-hybridized carbons (Fsp3) is 0.438. The van der Waals surface area contributed by atoms with Crippen LogP contribution >= 0.6 is 0 Å². The number of pyridine rings is 1. The Labute approximate surface area is 119 Å². The van der Waals surface area contributed by atoms with Crippen molar-refractivity contribution in [3.8, 4) is 11.9 Å². The molecule has 0 amide bonds. The molecule has 0 saturated carbocycles. The van der Waals surface area contributed by atoms with Crippen LogP contribution in [-0.4, -0.2) is 14.8 Å². The molecule has 0 unspecified atom stereocenters. The van der Waals surface area contributed by atoms with Gasteiger partial charge in [0.25, 0.3) is 0 Å². The van der Waals surface area contributed by atoms with E-state index in [1.807, 2.05) is 24.6 Å². The fourth-order valence-electron chi connectivity index (χ4n) is 2.79. The fourth-order valence-corrected chi connectivity index (χ4v) is 2.79. The van der Waals surface area contributed by atoms with Crippen LogP contribution in [0.15, 0.2) is 6.07 Å². The average Bonchev–Trinajstić information content (AvgIpc) is 2.73. The highest BCUT2D eigenvalue weighted by atomic mass is 15.3. The molecule has 3 rings (SSSR count). The molecule has 1 aliphatic carbocycles. The molecule has 4 nitrogen and oxygen atoms in total. The summed E-state index contributed by atoms with van der Waals surface area (Å²) in [6, 6.07) is 4.28. The molecule has 2 aromatic rings. The molecule has 0 saturated heterocycles. The standard InChI is InChI=1S/C16H18N4/c1-10-11(2)19-20(12(10)3)16-14(9-17)8-13-6-4-5-7-15(13)18-16/h8H,4-7H2,1-3H3. The summed E-state index contributed by atoms with van der Waals surface area (Å²) in [7, 11) is 0. The van der Waals surface area contributed by atoms with Gasteiger partial charge in [0.1, 0.15) is 6.07 Å². The topological polar surface area (TPSA) is 54.5 Å². The van der Waals surface area contributed by atoms with Gasteiger partial charge < -0.3 is 0 Å². The molecule has 0 aliphatic heterocycles. The van der Waals surface area contributed by atoms with Crippen LogP contribution in [0.3, 0.4) is 0 Å². The minimum atomic E-state index is 0.622. The Morgan fingerprint density at radius 1 is 1.20 bits per heavy atom. The van der Waals surface area contributed by atoms with E-state index in [9.17, 15) is 5.26 Å². The summed E-state index contributed by atoms with van der Waals surface area (Å²) in [5.41, 5.74) is 6.20. The maximum atomic E-state index is 9.42. The summed E-state index contributed by atoms with van der Waals surface area (Å²) < 4.78 is 1.82. The quantitative estimate of drug-likeness (QED) is 0.797. The van der Waals surface area contributed by atoms with Crippen LogP contribution < -0.4 is 0 Å². The number of nitriles is 1. The SMILES string of the molecule is Cc1nn(-c2nc3c(cc2C#N)CCCC3)c(C)c1C. The van der Waals surface area contributed by atoms with Crippen molar-refractivity contribution in [2.75, 3.05) is 0 Å². The van der Waals surface area contributed by atoms with E-state index in [0.29, 0.717) is 11.4 Å². The molecule has 0 atom stereocenters. The van der Waals surface area contributed by atoms with Crippen LogP contribution in [0, 0.1) is 32.1 Å². The van der Waals surface area contributed by atoms with Gasteiger partial charge in [-0.25, -0.2) is 9.67 Å². The first kappa shape index (κ1) is 12.9. The first-order valence-electron chi connectivity index (χ1n) is 7.08. The Hall–Kier alpha value is -2.15. The third-order valence-electron chi connectivity index (χ3n) is 4.25. The number of hydrogen-bond donors (Lipinski definition) is 0. The molecule has 0 spiro atoms. The van der Waals surface area contributed by atoms with Gasteiger partial charge >= 0.3 is 0 Å². The zero-order valence-corrected chi connectivity index (χ0v) is 12.2. The number of nitrogens with zero attached hydrogens (tertiary/aromatic N) is 4. The Bertz CT molecular complexity index is 719. The third kappa shape index (κ3) is 1.90. The van der Waals surface area contributed by atoms with Gasteiger partial charge in [0, 0.05) is 11.4 Å². The van der Waals surface area contributed by atoms with Crippen molar-refractivity contribution in [1.29, 1.82) is 5.26 Å². The lowest BCUT2D eigenvalue weighted by atomic mass is 9.95. The molecule has 0 fully saturated rings. The van der Waals surface area contributed by atoms with E-state index in [1.54, 1.807) is 0 Å². The monoisotopic (exact) mass is 266 g/mol. The van der Waals surface area contributed by atoms with Crippen LogP contribution in [0.1, 0.15) is 46.6 Å². The van der Waals surface area contributed by atoms with Crippen molar-refractivity contribution in [3.05, 3.63) is 39.8 Å². The first-order valence-corrected chi connectivity index (χ1v) is 7.08. The molecule has 0 aromatic carbocycles. The van der Waals surface area contributed by atoms with Crippen molar-refractivity contribution in [1.82, 2.24) is 14.8 Å². The second-order valence-corrected chi connectivity index (χ2v) is 5.49. The minimum Gasteiger partial charge on any atom is -0.232 e. The number of hydrogen-bond acceptors (Lipinski definition) is 3. The van der Waals surface area contributed by atoms with Gasteiger partial charge in [0.15, 0.2) is 5.82 Å². The summed E-state index contributed by atoms with van der Waals surface area (Å²) >= 11 is 0. The van der Waals surface area contributed by atoms with Gasteiger partial charge in [-0.1, -0.05) is 0 Å². The summed E-state index contributed by atoms with van der Waals surface area (Å²) in [4.78, 5) is 4.75. The normalized spacial score (nSPS) is 13.9. The first-order chi connectivity index (χ1) is 9.61. The molecular formula is C16H18N4. The van der Waals surface area contributed by atoms with E-state index in [4.69, 9.17) is 4.98 Å². The van der Waals surface area contributed by atoms with Crippen molar-refractivity contribution < 1.29 is 0 Å². The van der Waals surface area contributed by atoms with Gasteiger partial charge in [0.05, 0.1) is 11.3 Å². The van der Waals surface area contributed by atoms with Crippen molar-refractivity contribution in [2.24, 2.45) is 0 Å². The Kier molecular flexibility index (Phi) is 3.06. The minimum absolute atomic E-state index is 0.622. The van der Waals surface area contributed by atoms with Crippen molar-refractivity contribution >= 4 is 0 Å². The van der Waals surface area contributed by atoms with Crippen molar-refractivity contribution in [3.63, 3.8) is 0 Å². The van der Waals surface area contributed by atoms with Gasteiger partial charge in [0.2, 0.25) is 0 Å². The highest BCUT2D eigenvalue weighted by Gasteiger charge is 2.18. The highest BCUT2D eigenvalue weighted by molar-refractivity contribution is 5.49. The zero-order valence-electron chi connectivity index (χ0n) is 12.2. The lowest BCUT2D eigenvalue weighted by Crippen LogP contribution is -2.12. The molecule has 1 aliphatic rings. The zero-order chi connectivity index (χ0) is 14.3.